The Bertz CT molecular complexity index is 1140. The quantitative estimate of drug-likeness (QED) is 0.345. The van der Waals surface area contributed by atoms with E-state index >= 15 is 0 Å². The van der Waals surface area contributed by atoms with E-state index in [0.29, 0.717) is 29.0 Å². The molecule has 0 saturated heterocycles. The Kier molecular flexibility index (Phi) is 6.73. The summed E-state index contributed by atoms with van der Waals surface area (Å²) in [7, 11) is 0. The molecule has 0 radical (unpaired) electrons. The van der Waals surface area contributed by atoms with Gasteiger partial charge in [0.05, 0.1) is 29.5 Å². The molecule has 1 N–H and O–H groups in total. The first-order chi connectivity index (χ1) is 14.7. The molecule has 0 aliphatic heterocycles. The minimum Gasteiger partial charge on any atom is -0.462 e. The number of hydrogen-bond donors (Lipinski definition) is 1. The highest BCUT2D eigenvalue weighted by Crippen LogP contribution is 2.30. The van der Waals surface area contributed by atoms with Crippen LogP contribution in [0.3, 0.4) is 0 Å². The molecule has 6 heteroatoms. The van der Waals surface area contributed by atoms with Gasteiger partial charge in [-0.25, -0.2) is 9.59 Å². The second-order valence-electron chi connectivity index (χ2n) is 6.33. The van der Waals surface area contributed by atoms with E-state index in [-0.39, 0.29) is 6.61 Å². The van der Waals surface area contributed by atoms with Gasteiger partial charge in [-0.15, -0.1) is 0 Å². The number of ether oxygens (including phenoxy) is 1. The summed E-state index contributed by atoms with van der Waals surface area (Å²) in [6, 6.07) is 22.3. The van der Waals surface area contributed by atoms with Crippen molar-refractivity contribution in [1.82, 2.24) is 0 Å². The van der Waals surface area contributed by atoms with Crippen LogP contribution in [-0.4, -0.2) is 18.7 Å². The number of nitrogens with one attached hydrogen (secondary N) is 1. The lowest BCUT2D eigenvalue weighted by molar-refractivity contribution is 0.0527. The average molecular weight is 397 g/mol. The molecule has 0 unspecified atom stereocenters. The summed E-state index contributed by atoms with van der Waals surface area (Å²) in [6.45, 7) is 2.37. The molecule has 6 nitrogen and oxygen atoms in total. The van der Waals surface area contributed by atoms with Crippen molar-refractivity contribution in [3.05, 3.63) is 83.4 Å². The lowest BCUT2D eigenvalue weighted by atomic mass is 9.99. The highest BCUT2D eigenvalue weighted by Gasteiger charge is 2.16. The van der Waals surface area contributed by atoms with Gasteiger partial charge in [0.25, 0.3) is 0 Å². The third kappa shape index (κ3) is 4.61. The molecule has 0 aromatic heterocycles. The molecule has 0 heterocycles. The van der Waals surface area contributed by atoms with Crippen LogP contribution < -0.4 is 5.32 Å². The van der Waals surface area contributed by atoms with Crippen LogP contribution in [-0.2, 0) is 16.1 Å². The Morgan fingerprint density at radius 3 is 2.53 bits per heavy atom. The number of rotatable bonds is 7. The van der Waals surface area contributed by atoms with E-state index < -0.39 is 5.97 Å². The molecule has 148 valence electrons. The minimum absolute atomic E-state index is 0.241. The molecule has 0 saturated carbocycles. The molecule has 0 spiro atoms. The van der Waals surface area contributed by atoms with Crippen molar-refractivity contribution >= 4 is 23.4 Å². The molecule has 0 atom stereocenters. The van der Waals surface area contributed by atoms with Crippen molar-refractivity contribution in [2.75, 3.05) is 11.9 Å². The van der Waals surface area contributed by atoms with Crippen LogP contribution in [0, 0.1) is 11.3 Å². The van der Waals surface area contributed by atoms with Crippen molar-refractivity contribution in [1.29, 1.82) is 5.26 Å². The number of nitrogens with zero attached hydrogens (tertiary/aromatic N) is 2. The van der Waals surface area contributed by atoms with Gasteiger partial charge in [-0.2, -0.15) is 10.3 Å². The van der Waals surface area contributed by atoms with Gasteiger partial charge in [-0.1, -0.05) is 48.5 Å². The van der Waals surface area contributed by atoms with E-state index in [4.69, 9.17) is 4.74 Å². The number of para-hydroxylation sites is 1. The fourth-order valence-corrected chi connectivity index (χ4v) is 3.07. The molecule has 3 rings (SSSR count). The summed E-state index contributed by atoms with van der Waals surface area (Å²) in [5.41, 5.74) is 4.40. The average Bonchev–Trinajstić information content (AvgIpc) is 2.78. The van der Waals surface area contributed by atoms with Gasteiger partial charge in [0, 0.05) is 6.54 Å². The number of isocyanates is 1. The van der Waals surface area contributed by atoms with Gasteiger partial charge in [0.1, 0.15) is 5.69 Å². The predicted octanol–water partition coefficient (Wildman–Crippen LogP) is 4.98. The summed E-state index contributed by atoms with van der Waals surface area (Å²) >= 11 is 0. The van der Waals surface area contributed by atoms with Gasteiger partial charge in [0.2, 0.25) is 6.08 Å². The van der Waals surface area contributed by atoms with E-state index in [9.17, 15) is 14.9 Å². The summed E-state index contributed by atoms with van der Waals surface area (Å²) < 4.78 is 5.09. The monoisotopic (exact) mass is 397 g/mol. The maximum atomic E-state index is 12.3. The maximum absolute atomic E-state index is 12.3. The van der Waals surface area contributed by atoms with Crippen LogP contribution >= 0.6 is 0 Å². The zero-order valence-electron chi connectivity index (χ0n) is 16.4. The van der Waals surface area contributed by atoms with Crippen LogP contribution in [0.4, 0.5) is 11.4 Å². The highest BCUT2D eigenvalue weighted by atomic mass is 16.5. The second-order valence-corrected chi connectivity index (χ2v) is 6.33. The normalized spacial score (nSPS) is 9.87. The molecule has 3 aromatic rings. The number of hydrogen-bond acceptors (Lipinski definition) is 6. The topological polar surface area (TPSA) is 91.5 Å². The van der Waals surface area contributed by atoms with Crippen LogP contribution in [0.5, 0.6) is 0 Å². The maximum Gasteiger partial charge on any atom is 0.340 e. The Morgan fingerprint density at radius 2 is 1.83 bits per heavy atom. The number of esters is 1. The molecular weight excluding hydrogens is 378 g/mol. The SMILES string of the molecule is CCOC(=O)c1cccc(N=C=O)c1NCc1ccc(-c2ccccc2C#N)cc1. The first kappa shape index (κ1) is 20.5. The largest absolute Gasteiger partial charge is 0.462 e. The Labute approximate surface area is 174 Å². The molecule has 3 aromatic carbocycles. The fourth-order valence-electron chi connectivity index (χ4n) is 3.07. The smallest absolute Gasteiger partial charge is 0.340 e. The Hall–Kier alpha value is -4.20. The first-order valence-corrected chi connectivity index (χ1v) is 9.38. The Morgan fingerprint density at radius 1 is 1.07 bits per heavy atom. The van der Waals surface area contributed by atoms with E-state index in [1.54, 1.807) is 31.2 Å². The van der Waals surface area contributed by atoms with Crippen LogP contribution in [0.15, 0.2) is 71.7 Å². The molecular formula is C24H19N3O3. The molecule has 0 bridgehead atoms. The molecule has 0 aliphatic carbocycles. The van der Waals surface area contributed by atoms with E-state index in [0.717, 1.165) is 16.7 Å². The van der Waals surface area contributed by atoms with Crippen molar-refractivity contribution < 1.29 is 14.3 Å². The van der Waals surface area contributed by atoms with E-state index in [1.165, 1.54) is 6.08 Å². The summed E-state index contributed by atoms with van der Waals surface area (Å²) in [5, 5.41) is 12.5. The molecule has 0 aliphatic rings. The van der Waals surface area contributed by atoms with Gasteiger partial charge in [0.15, 0.2) is 0 Å². The molecule has 0 fully saturated rings. The number of carbonyl (C=O) groups is 1. The summed E-state index contributed by atoms with van der Waals surface area (Å²) in [5.74, 6) is -0.494. The zero-order chi connectivity index (χ0) is 21.3. The second kappa shape index (κ2) is 9.83. The van der Waals surface area contributed by atoms with Crippen molar-refractivity contribution in [3.8, 4) is 17.2 Å². The van der Waals surface area contributed by atoms with Gasteiger partial charge >= 0.3 is 5.97 Å². The van der Waals surface area contributed by atoms with Gasteiger partial charge in [-0.3, -0.25) is 0 Å². The summed E-state index contributed by atoms with van der Waals surface area (Å²) in [6.07, 6.45) is 1.51. The fraction of sp³-hybridized carbons (Fsp3) is 0.125. The third-order valence-electron chi connectivity index (χ3n) is 4.49. The lowest BCUT2D eigenvalue weighted by Crippen LogP contribution is -2.10. The van der Waals surface area contributed by atoms with Crippen molar-refractivity contribution in [2.24, 2.45) is 4.99 Å². The van der Waals surface area contributed by atoms with E-state index in [2.05, 4.69) is 16.4 Å². The number of carbonyl (C=O) groups excluding carboxylic acids is 2. The number of aliphatic imine (C=N–C) groups is 1. The molecule has 0 amide bonds. The highest BCUT2D eigenvalue weighted by molar-refractivity contribution is 5.99. The molecule has 30 heavy (non-hydrogen) atoms. The number of nitriles is 1. The van der Waals surface area contributed by atoms with Crippen molar-refractivity contribution in [3.63, 3.8) is 0 Å². The van der Waals surface area contributed by atoms with Gasteiger partial charge in [-0.05, 0) is 41.8 Å². The lowest BCUT2D eigenvalue weighted by Gasteiger charge is -2.14. The van der Waals surface area contributed by atoms with E-state index in [1.807, 2.05) is 42.5 Å². The van der Waals surface area contributed by atoms with Crippen molar-refractivity contribution in [2.45, 2.75) is 13.5 Å². The van der Waals surface area contributed by atoms with Gasteiger partial charge < -0.3 is 10.1 Å². The summed E-state index contributed by atoms with van der Waals surface area (Å²) in [4.78, 5) is 26.7. The predicted molar refractivity (Wildman–Crippen MR) is 114 cm³/mol. The Balaban J connectivity index is 1.84. The zero-order valence-corrected chi connectivity index (χ0v) is 16.4. The number of benzene rings is 3. The van der Waals surface area contributed by atoms with Crippen LogP contribution in [0.25, 0.3) is 11.1 Å². The minimum atomic E-state index is -0.494. The first-order valence-electron chi connectivity index (χ1n) is 9.38. The van der Waals surface area contributed by atoms with Crippen LogP contribution in [0.2, 0.25) is 0 Å². The van der Waals surface area contributed by atoms with Crippen LogP contribution in [0.1, 0.15) is 28.4 Å². The third-order valence-corrected chi connectivity index (χ3v) is 4.49. The standard InChI is InChI=1S/C24H19N3O3/c1-2-30-24(29)21-8-5-9-22(27-16-28)23(21)26-15-17-10-12-18(13-11-17)20-7-4-3-6-19(20)14-25/h3-13,26H,2,15H2,1H3. The number of anilines is 1.